The standard InChI is InChI=1S/C16H21NO2/c1-11-6-12(2)8-13(7-11)16(18)15-9-17-5-3-4-14(17)10-19-15/h6-8,14-15H,3-5,9-10H2,1-2H3. The van der Waals surface area contributed by atoms with Crippen LogP contribution in [0.15, 0.2) is 18.2 Å². The van der Waals surface area contributed by atoms with Gasteiger partial charge in [0.1, 0.15) is 6.10 Å². The monoisotopic (exact) mass is 259 g/mol. The molecule has 2 atom stereocenters. The third-order valence-electron chi connectivity index (χ3n) is 4.19. The summed E-state index contributed by atoms with van der Waals surface area (Å²) in [6.07, 6.45) is 2.17. The number of Topliss-reactive ketones (excluding diaryl/α,β-unsaturated/α-hetero) is 1. The van der Waals surface area contributed by atoms with E-state index < -0.39 is 0 Å². The lowest BCUT2D eigenvalue weighted by Crippen LogP contribution is -2.49. The average Bonchev–Trinajstić information content (AvgIpc) is 2.83. The van der Waals surface area contributed by atoms with Gasteiger partial charge < -0.3 is 4.74 Å². The van der Waals surface area contributed by atoms with Crippen LogP contribution in [0.2, 0.25) is 0 Å². The number of benzene rings is 1. The van der Waals surface area contributed by atoms with Crippen molar-refractivity contribution in [3.05, 3.63) is 34.9 Å². The van der Waals surface area contributed by atoms with Gasteiger partial charge in [0.15, 0.2) is 5.78 Å². The van der Waals surface area contributed by atoms with Crippen LogP contribution >= 0.6 is 0 Å². The van der Waals surface area contributed by atoms with Gasteiger partial charge in [-0.1, -0.05) is 17.2 Å². The fourth-order valence-corrected chi connectivity index (χ4v) is 3.28. The van der Waals surface area contributed by atoms with E-state index in [1.54, 1.807) is 0 Å². The van der Waals surface area contributed by atoms with Gasteiger partial charge in [0, 0.05) is 18.2 Å². The van der Waals surface area contributed by atoms with Crippen LogP contribution in [0.3, 0.4) is 0 Å². The van der Waals surface area contributed by atoms with Crippen LogP contribution in [-0.4, -0.2) is 42.5 Å². The molecule has 0 aromatic heterocycles. The molecule has 2 heterocycles. The van der Waals surface area contributed by atoms with Crippen molar-refractivity contribution >= 4 is 5.78 Å². The topological polar surface area (TPSA) is 29.5 Å². The van der Waals surface area contributed by atoms with E-state index in [1.807, 2.05) is 26.0 Å². The number of ketones is 1. The number of nitrogens with zero attached hydrogens (tertiary/aromatic N) is 1. The number of hydrogen-bond donors (Lipinski definition) is 0. The summed E-state index contributed by atoms with van der Waals surface area (Å²) in [5.41, 5.74) is 3.07. The number of carbonyl (C=O) groups is 1. The maximum Gasteiger partial charge on any atom is 0.192 e. The summed E-state index contributed by atoms with van der Waals surface area (Å²) in [5.74, 6) is 0.136. The Bertz CT molecular complexity index is 477. The fraction of sp³-hybridized carbons (Fsp3) is 0.562. The molecule has 0 radical (unpaired) electrons. The largest absolute Gasteiger partial charge is 0.367 e. The summed E-state index contributed by atoms with van der Waals surface area (Å²) >= 11 is 0. The van der Waals surface area contributed by atoms with E-state index in [9.17, 15) is 4.79 Å². The highest BCUT2D eigenvalue weighted by atomic mass is 16.5. The minimum Gasteiger partial charge on any atom is -0.367 e. The second-order valence-electron chi connectivity index (χ2n) is 5.85. The van der Waals surface area contributed by atoms with Crippen molar-refractivity contribution in [1.29, 1.82) is 0 Å². The van der Waals surface area contributed by atoms with E-state index in [4.69, 9.17) is 4.74 Å². The van der Waals surface area contributed by atoms with Gasteiger partial charge in [-0.15, -0.1) is 0 Å². The molecular formula is C16H21NO2. The Balaban J connectivity index is 1.76. The summed E-state index contributed by atoms with van der Waals surface area (Å²) in [4.78, 5) is 15.0. The second kappa shape index (κ2) is 5.06. The van der Waals surface area contributed by atoms with Gasteiger partial charge in [-0.05, 0) is 45.4 Å². The zero-order valence-corrected chi connectivity index (χ0v) is 11.7. The lowest BCUT2D eigenvalue weighted by molar-refractivity contribution is -0.0344. The first-order chi connectivity index (χ1) is 9.13. The number of carbonyl (C=O) groups excluding carboxylic acids is 1. The molecule has 0 bridgehead atoms. The van der Waals surface area contributed by atoms with E-state index in [1.165, 1.54) is 12.8 Å². The molecular weight excluding hydrogens is 238 g/mol. The highest BCUT2D eigenvalue weighted by Gasteiger charge is 2.35. The lowest BCUT2D eigenvalue weighted by Gasteiger charge is -2.34. The lowest BCUT2D eigenvalue weighted by atomic mass is 10.00. The Labute approximate surface area is 114 Å². The molecule has 19 heavy (non-hydrogen) atoms. The molecule has 2 aliphatic rings. The number of hydrogen-bond acceptors (Lipinski definition) is 3. The van der Waals surface area contributed by atoms with Crippen molar-refractivity contribution in [3.63, 3.8) is 0 Å². The maximum absolute atomic E-state index is 12.5. The maximum atomic E-state index is 12.5. The van der Waals surface area contributed by atoms with Gasteiger partial charge in [0.05, 0.1) is 6.61 Å². The zero-order chi connectivity index (χ0) is 13.4. The Hall–Kier alpha value is -1.19. The van der Waals surface area contributed by atoms with Gasteiger partial charge >= 0.3 is 0 Å². The smallest absolute Gasteiger partial charge is 0.192 e. The van der Waals surface area contributed by atoms with Gasteiger partial charge in [0.2, 0.25) is 0 Å². The van der Waals surface area contributed by atoms with E-state index in [2.05, 4.69) is 11.0 Å². The summed E-state index contributed by atoms with van der Waals surface area (Å²) in [6.45, 7) is 6.65. The molecule has 0 saturated carbocycles. The third-order valence-corrected chi connectivity index (χ3v) is 4.19. The van der Waals surface area contributed by atoms with Gasteiger partial charge in [-0.3, -0.25) is 9.69 Å². The minimum atomic E-state index is -0.282. The summed E-state index contributed by atoms with van der Waals surface area (Å²) in [7, 11) is 0. The molecule has 0 N–H and O–H groups in total. The Morgan fingerprint density at radius 3 is 2.74 bits per heavy atom. The van der Waals surface area contributed by atoms with Crippen molar-refractivity contribution in [2.45, 2.75) is 38.8 Å². The number of fused-ring (bicyclic) bond motifs is 1. The average molecular weight is 259 g/mol. The van der Waals surface area contributed by atoms with E-state index >= 15 is 0 Å². The Kier molecular flexibility index (Phi) is 3.42. The number of aryl methyl sites for hydroxylation is 2. The summed E-state index contributed by atoms with van der Waals surface area (Å²) in [6, 6.07) is 6.57. The zero-order valence-electron chi connectivity index (χ0n) is 11.7. The van der Waals surface area contributed by atoms with Crippen molar-refractivity contribution < 1.29 is 9.53 Å². The fourth-order valence-electron chi connectivity index (χ4n) is 3.28. The van der Waals surface area contributed by atoms with E-state index in [-0.39, 0.29) is 11.9 Å². The van der Waals surface area contributed by atoms with Crippen molar-refractivity contribution in [2.24, 2.45) is 0 Å². The van der Waals surface area contributed by atoms with Gasteiger partial charge in [0.25, 0.3) is 0 Å². The molecule has 3 rings (SSSR count). The Morgan fingerprint density at radius 1 is 1.26 bits per heavy atom. The quantitative estimate of drug-likeness (QED) is 0.764. The summed E-state index contributed by atoms with van der Waals surface area (Å²) < 4.78 is 5.80. The number of ether oxygens (including phenoxy) is 1. The van der Waals surface area contributed by atoms with Crippen LogP contribution in [-0.2, 0) is 4.74 Å². The van der Waals surface area contributed by atoms with Gasteiger partial charge in [-0.2, -0.15) is 0 Å². The predicted molar refractivity (Wildman–Crippen MR) is 74.6 cm³/mol. The van der Waals surface area contributed by atoms with Crippen LogP contribution in [0.5, 0.6) is 0 Å². The van der Waals surface area contributed by atoms with Crippen LogP contribution in [0.1, 0.15) is 34.3 Å². The minimum absolute atomic E-state index is 0.136. The molecule has 102 valence electrons. The molecule has 2 saturated heterocycles. The normalized spacial score (nSPS) is 27.3. The van der Waals surface area contributed by atoms with Crippen LogP contribution in [0.25, 0.3) is 0 Å². The van der Waals surface area contributed by atoms with E-state index in [0.717, 1.165) is 29.8 Å². The first-order valence-corrected chi connectivity index (χ1v) is 7.11. The molecule has 0 aliphatic carbocycles. The van der Waals surface area contributed by atoms with Crippen molar-refractivity contribution in [1.82, 2.24) is 4.90 Å². The summed E-state index contributed by atoms with van der Waals surface area (Å²) in [5, 5.41) is 0. The molecule has 1 aromatic carbocycles. The number of morpholine rings is 1. The molecule has 2 aliphatic heterocycles. The van der Waals surface area contributed by atoms with Crippen molar-refractivity contribution in [3.8, 4) is 0 Å². The SMILES string of the molecule is Cc1cc(C)cc(C(=O)C2CN3CCCC3CO2)c1. The highest BCUT2D eigenvalue weighted by molar-refractivity contribution is 6.00. The molecule has 0 spiro atoms. The molecule has 1 aromatic rings. The Morgan fingerprint density at radius 2 is 2.00 bits per heavy atom. The molecule has 2 fully saturated rings. The molecule has 3 heteroatoms. The van der Waals surface area contributed by atoms with Gasteiger partial charge in [-0.25, -0.2) is 0 Å². The predicted octanol–water partition coefficient (Wildman–Crippen LogP) is 2.35. The molecule has 2 unspecified atom stereocenters. The van der Waals surface area contributed by atoms with Crippen LogP contribution < -0.4 is 0 Å². The first kappa shape index (κ1) is 12.8. The highest BCUT2D eigenvalue weighted by Crippen LogP contribution is 2.24. The molecule has 0 amide bonds. The van der Waals surface area contributed by atoms with Crippen LogP contribution in [0, 0.1) is 13.8 Å². The first-order valence-electron chi connectivity index (χ1n) is 7.11. The third kappa shape index (κ3) is 2.58. The second-order valence-corrected chi connectivity index (χ2v) is 5.85. The molecule has 3 nitrogen and oxygen atoms in total. The van der Waals surface area contributed by atoms with Crippen LogP contribution in [0.4, 0.5) is 0 Å². The number of rotatable bonds is 2. The van der Waals surface area contributed by atoms with Crippen molar-refractivity contribution in [2.75, 3.05) is 19.7 Å². The van der Waals surface area contributed by atoms with E-state index in [0.29, 0.717) is 12.6 Å².